The molecule has 0 bridgehead atoms. The number of amides is 2. The molecule has 1 aromatic carbocycles. The molecule has 4 heteroatoms. The number of ether oxygens (including phenoxy) is 1. The number of carbonyl (C=O) groups excluding carboxylic acids is 2. The van der Waals surface area contributed by atoms with Crippen molar-refractivity contribution in [2.45, 2.75) is 20.3 Å². The average Bonchev–Trinajstić information content (AvgIpc) is 2.46. The molecule has 4 nitrogen and oxygen atoms in total. The van der Waals surface area contributed by atoms with Crippen molar-refractivity contribution in [3.8, 4) is 12.3 Å². The van der Waals surface area contributed by atoms with E-state index in [-0.39, 0.29) is 5.91 Å². The molecule has 0 spiro atoms. The summed E-state index contributed by atoms with van der Waals surface area (Å²) in [7, 11) is 1.26. The van der Waals surface area contributed by atoms with E-state index in [2.05, 4.69) is 10.7 Å². The van der Waals surface area contributed by atoms with Crippen LogP contribution in [0.25, 0.3) is 0 Å². The predicted molar refractivity (Wildman–Crippen MR) is 77.3 cm³/mol. The van der Waals surface area contributed by atoms with Gasteiger partial charge in [0.15, 0.2) is 0 Å². The smallest absolute Gasteiger partial charge is 0.416 e. The molecule has 20 heavy (non-hydrogen) atoms. The van der Waals surface area contributed by atoms with Crippen molar-refractivity contribution in [3.63, 3.8) is 0 Å². The third-order valence-corrected chi connectivity index (χ3v) is 2.87. The minimum absolute atomic E-state index is 0.333. The third-order valence-electron chi connectivity index (χ3n) is 2.87. The van der Waals surface area contributed by atoms with Crippen LogP contribution in [0.15, 0.2) is 24.3 Å². The maximum absolute atomic E-state index is 12.3. The second-order valence-corrected chi connectivity index (χ2v) is 4.83. The van der Waals surface area contributed by atoms with E-state index in [1.807, 2.05) is 13.8 Å². The monoisotopic (exact) mass is 273 g/mol. The summed E-state index contributed by atoms with van der Waals surface area (Å²) in [5.41, 5.74) is 1.10. The highest BCUT2D eigenvalue weighted by Crippen LogP contribution is 2.11. The van der Waals surface area contributed by atoms with Gasteiger partial charge in [-0.05, 0) is 36.6 Å². The molecule has 0 aromatic heterocycles. The second-order valence-electron chi connectivity index (χ2n) is 4.83. The Morgan fingerprint density at radius 1 is 1.30 bits per heavy atom. The van der Waals surface area contributed by atoms with Gasteiger partial charge in [0, 0.05) is 17.7 Å². The molecule has 0 radical (unpaired) electrons. The number of terminal acetylenes is 1. The zero-order chi connectivity index (χ0) is 15.1. The number of rotatable bonds is 4. The zero-order valence-electron chi connectivity index (χ0n) is 12.1. The number of nitrogens with zero attached hydrogens (tertiary/aromatic N) is 1. The van der Waals surface area contributed by atoms with E-state index < -0.39 is 6.09 Å². The highest BCUT2D eigenvalue weighted by Gasteiger charge is 2.23. The van der Waals surface area contributed by atoms with E-state index in [0.717, 1.165) is 11.3 Å². The van der Waals surface area contributed by atoms with E-state index in [1.54, 1.807) is 24.3 Å². The van der Waals surface area contributed by atoms with Crippen molar-refractivity contribution in [1.29, 1.82) is 0 Å². The highest BCUT2D eigenvalue weighted by atomic mass is 16.5. The van der Waals surface area contributed by atoms with Crippen molar-refractivity contribution < 1.29 is 14.3 Å². The number of imide groups is 1. The molecule has 106 valence electrons. The van der Waals surface area contributed by atoms with Crippen LogP contribution < -0.4 is 0 Å². The van der Waals surface area contributed by atoms with Gasteiger partial charge < -0.3 is 4.74 Å². The lowest BCUT2D eigenvalue weighted by molar-refractivity contribution is 0.0699. The molecular formula is C16H19NO3. The summed E-state index contributed by atoms with van der Waals surface area (Å²) in [4.78, 5) is 25.2. The van der Waals surface area contributed by atoms with Crippen molar-refractivity contribution in [1.82, 2.24) is 4.90 Å². The maximum atomic E-state index is 12.3. The van der Waals surface area contributed by atoms with Gasteiger partial charge in [-0.2, -0.15) is 0 Å². The first-order chi connectivity index (χ1) is 9.49. The molecule has 0 unspecified atom stereocenters. The molecule has 0 aliphatic carbocycles. The van der Waals surface area contributed by atoms with E-state index in [1.165, 1.54) is 7.11 Å². The standard InChI is InChI=1S/C16H19NO3/c1-5-13-6-8-14(9-7-13)15(18)17(16(19)20-4)11-10-12(2)3/h1,6-9,12H,10-11H2,2-4H3. The van der Waals surface area contributed by atoms with Crippen LogP contribution in [0, 0.1) is 18.3 Å². The van der Waals surface area contributed by atoms with Gasteiger partial charge in [0.25, 0.3) is 5.91 Å². The van der Waals surface area contributed by atoms with Gasteiger partial charge in [0.05, 0.1) is 7.11 Å². The molecule has 1 rings (SSSR count). The first kappa shape index (κ1) is 15.8. The van der Waals surface area contributed by atoms with Crippen molar-refractivity contribution in [3.05, 3.63) is 35.4 Å². The maximum Gasteiger partial charge on any atom is 0.416 e. The number of benzene rings is 1. The number of carbonyl (C=O) groups is 2. The molecule has 0 saturated carbocycles. The van der Waals surface area contributed by atoms with Crippen LogP contribution in [-0.4, -0.2) is 30.6 Å². The largest absolute Gasteiger partial charge is 0.452 e. The summed E-state index contributed by atoms with van der Waals surface area (Å²) in [6.45, 7) is 4.39. The van der Waals surface area contributed by atoms with Gasteiger partial charge in [0.1, 0.15) is 0 Å². The van der Waals surface area contributed by atoms with Gasteiger partial charge in [-0.3, -0.25) is 4.79 Å². The number of hydrogen-bond acceptors (Lipinski definition) is 3. The van der Waals surface area contributed by atoms with E-state index in [4.69, 9.17) is 6.42 Å². The van der Waals surface area contributed by atoms with Crippen molar-refractivity contribution in [2.24, 2.45) is 5.92 Å². The molecule has 0 aliphatic rings. The first-order valence-corrected chi connectivity index (χ1v) is 6.46. The molecule has 2 amide bonds. The molecule has 0 fully saturated rings. The fourth-order valence-corrected chi connectivity index (χ4v) is 1.64. The lowest BCUT2D eigenvalue weighted by atomic mass is 10.1. The van der Waals surface area contributed by atoms with Gasteiger partial charge in [-0.25, -0.2) is 9.69 Å². The Labute approximate surface area is 119 Å². The van der Waals surface area contributed by atoms with Gasteiger partial charge in [-0.1, -0.05) is 19.8 Å². The fourth-order valence-electron chi connectivity index (χ4n) is 1.64. The quantitative estimate of drug-likeness (QED) is 0.792. The van der Waals surface area contributed by atoms with Crippen molar-refractivity contribution in [2.75, 3.05) is 13.7 Å². The average molecular weight is 273 g/mol. The van der Waals surface area contributed by atoms with Gasteiger partial charge in [-0.15, -0.1) is 6.42 Å². The number of hydrogen-bond donors (Lipinski definition) is 0. The minimum atomic E-state index is -0.642. The summed E-state index contributed by atoms with van der Waals surface area (Å²) >= 11 is 0. The number of methoxy groups -OCH3 is 1. The Bertz CT molecular complexity index is 512. The summed E-state index contributed by atoms with van der Waals surface area (Å²) in [5, 5.41) is 0. The van der Waals surface area contributed by atoms with E-state index in [9.17, 15) is 9.59 Å². The molecule has 0 aliphatic heterocycles. The summed E-state index contributed by atoms with van der Waals surface area (Å²) < 4.78 is 4.67. The van der Waals surface area contributed by atoms with Gasteiger partial charge in [0.2, 0.25) is 0 Å². The Kier molecular flexibility index (Phi) is 5.79. The summed E-state index contributed by atoms with van der Waals surface area (Å²) in [5.74, 6) is 2.49. The Hall–Kier alpha value is -2.28. The molecule has 0 saturated heterocycles. The van der Waals surface area contributed by atoms with Crippen molar-refractivity contribution >= 4 is 12.0 Å². The highest BCUT2D eigenvalue weighted by molar-refractivity contribution is 6.02. The minimum Gasteiger partial charge on any atom is -0.452 e. The fraction of sp³-hybridized carbons (Fsp3) is 0.375. The zero-order valence-corrected chi connectivity index (χ0v) is 12.1. The van der Waals surface area contributed by atoms with Gasteiger partial charge >= 0.3 is 6.09 Å². The van der Waals surface area contributed by atoms with E-state index >= 15 is 0 Å². The normalized spacial score (nSPS) is 9.95. The van der Waals surface area contributed by atoms with Crippen LogP contribution in [0.2, 0.25) is 0 Å². The topological polar surface area (TPSA) is 46.6 Å². The van der Waals surface area contributed by atoms with Crippen LogP contribution in [0.1, 0.15) is 36.2 Å². The SMILES string of the molecule is C#Cc1ccc(C(=O)N(CCC(C)C)C(=O)OC)cc1. The third kappa shape index (κ3) is 4.13. The predicted octanol–water partition coefficient (Wildman–Crippen LogP) is 2.92. The summed E-state index contributed by atoms with van der Waals surface area (Å²) in [6.07, 6.45) is 5.35. The second kappa shape index (κ2) is 7.34. The lowest BCUT2D eigenvalue weighted by Crippen LogP contribution is -2.38. The Morgan fingerprint density at radius 2 is 1.90 bits per heavy atom. The summed E-state index contributed by atoms with van der Waals surface area (Å²) in [6, 6.07) is 6.57. The van der Waals surface area contributed by atoms with E-state index in [0.29, 0.717) is 23.6 Å². The molecule has 1 aromatic rings. The molecular weight excluding hydrogens is 254 g/mol. The molecule has 0 heterocycles. The Balaban J connectivity index is 2.91. The van der Waals surface area contributed by atoms with Crippen LogP contribution >= 0.6 is 0 Å². The molecule has 0 atom stereocenters. The Morgan fingerprint density at radius 3 is 2.35 bits per heavy atom. The van der Waals surface area contributed by atoms with Crippen LogP contribution in [-0.2, 0) is 4.74 Å². The first-order valence-electron chi connectivity index (χ1n) is 6.46. The van der Waals surface area contributed by atoms with Crippen LogP contribution in [0.5, 0.6) is 0 Å². The van der Waals surface area contributed by atoms with Crippen LogP contribution in [0.4, 0.5) is 4.79 Å². The molecule has 0 N–H and O–H groups in total. The lowest BCUT2D eigenvalue weighted by Gasteiger charge is -2.20. The van der Waals surface area contributed by atoms with Crippen LogP contribution in [0.3, 0.4) is 0 Å².